The van der Waals surface area contributed by atoms with Crippen molar-refractivity contribution in [2.24, 2.45) is 0 Å². The predicted molar refractivity (Wildman–Crippen MR) is 44.9 cm³/mol. The molecule has 0 radical (unpaired) electrons. The van der Waals surface area contributed by atoms with Crippen molar-refractivity contribution < 1.29 is 29.4 Å². The molecule has 0 unspecified atom stereocenters. The molecule has 0 saturated carbocycles. The highest BCUT2D eigenvalue weighted by Crippen LogP contribution is 1.97. The van der Waals surface area contributed by atoms with Crippen LogP contribution in [-0.2, 0) is 14.4 Å². The van der Waals surface area contributed by atoms with E-state index in [0.29, 0.717) is 5.23 Å². The molecule has 7 nitrogen and oxygen atoms in total. The summed E-state index contributed by atoms with van der Waals surface area (Å²) >= 11 is 0. The second-order valence-electron chi connectivity index (χ2n) is 2.07. The molecule has 0 aliphatic carbocycles. The van der Waals surface area contributed by atoms with Gasteiger partial charge in [-0.1, -0.05) is 0 Å². The Bertz CT molecular complexity index is 145. The first kappa shape index (κ1) is 13.1. The van der Waals surface area contributed by atoms with E-state index < -0.39 is 6.09 Å². The number of amides is 1. The maximum absolute atomic E-state index is 11.0. The van der Waals surface area contributed by atoms with Gasteiger partial charge in [0.05, 0.1) is 19.8 Å². The topological polar surface area (TPSA) is 88.5 Å². The van der Waals surface area contributed by atoms with Crippen molar-refractivity contribution in [3.05, 3.63) is 0 Å². The number of carbonyl (C=O) groups is 1. The minimum Gasteiger partial charge on any atom is -0.447 e. The number of ether oxygens (including phenoxy) is 1. The molecule has 0 aliphatic heterocycles. The van der Waals surface area contributed by atoms with Crippen molar-refractivity contribution in [2.45, 2.75) is 6.92 Å². The second-order valence-corrected chi connectivity index (χ2v) is 2.07. The summed E-state index contributed by atoms with van der Waals surface area (Å²) in [7, 11) is 0. The molecule has 0 saturated heterocycles. The first-order chi connectivity index (χ1) is 6.76. The molecule has 0 aromatic heterocycles. The number of aliphatic hydroxyl groups excluding tert-OH is 2. The van der Waals surface area contributed by atoms with E-state index in [0.717, 1.165) is 0 Å². The standard InChI is InChI=1S/C7H15NO6/c1-2-12-7(11)8(13-5-3-9)14-6-4-10/h9-10H,2-6H2,1H3. The number of carbonyl (C=O) groups excluding carboxylic acids is 1. The van der Waals surface area contributed by atoms with Crippen LogP contribution < -0.4 is 0 Å². The summed E-state index contributed by atoms with van der Waals surface area (Å²) < 4.78 is 4.57. The number of rotatable bonds is 7. The van der Waals surface area contributed by atoms with Crippen LogP contribution in [0.5, 0.6) is 0 Å². The van der Waals surface area contributed by atoms with Crippen molar-refractivity contribution in [3.8, 4) is 0 Å². The van der Waals surface area contributed by atoms with Crippen LogP contribution in [0.1, 0.15) is 6.92 Å². The monoisotopic (exact) mass is 209 g/mol. The van der Waals surface area contributed by atoms with Crippen LogP contribution >= 0.6 is 0 Å². The van der Waals surface area contributed by atoms with Gasteiger partial charge in [0.25, 0.3) is 0 Å². The third-order valence-electron chi connectivity index (χ3n) is 1.02. The maximum Gasteiger partial charge on any atom is 0.459 e. The van der Waals surface area contributed by atoms with Gasteiger partial charge in [-0.2, -0.15) is 0 Å². The number of hydrogen-bond donors (Lipinski definition) is 2. The summed E-state index contributed by atoms with van der Waals surface area (Å²) in [5.74, 6) is 0. The highest BCUT2D eigenvalue weighted by molar-refractivity contribution is 5.64. The minimum absolute atomic E-state index is 0.0930. The average Bonchev–Trinajstić information content (AvgIpc) is 2.18. The van der Waals surface area contributed by atoms with Gasteiger partial charge in [-0.15, -0.1) is 0 Å². The van der Waals surface area contributed by atoms with E-state index in [9.17, 15) is 4.79 Å². The number of hydroxylamine groups is 2. The second kappa shape index (κ2) is 8.70. The van der Waals surface area contributed by atoms with Crippen molar-refractivity contribution >= 4 is 6.09 Å². The Labute approximate surface area is 81.7 Å². The summed E-state index contributed by atoms with van der Waals surface area (Å²) in [4.78, 5) is 20.4. The van der Waals surface area contributed by atoms with Gasteiger partial charge >= 0.3 is 6.09 Å². The van der Waals surface area contributed by atoms with E-state index in [1.807, 2.05) is 0 Å². The molecular formula is C7H15NO6. The quantitative estimate of drug-likeness (QED) is 0.538. The van der Waals surface area contributed by atoms with E-state index in [4.69, 9.17) is 10.2 Å². The lowest BCUT2D eigenvalue weighted by atomic mass is 10.8. The van der Waals surface area contributed by atoms with Gasteiger partial charge < -0.3 is 14.9 Å². The Morgan fingerprint density at radius 2 is 1.71 bits per heavy atom. The van der Waals surface area contributed by atoms with Gasteiger partial charge in [-0.3, -0.25) is 0 Å². The first-order valence-corrected chi connectivity index (χ1v) is 4.20. The third-order valence-corrected chi connectivity index (χ3v) is 1.02. The molecule has 7 heteroatoms. The zero-order valence-electron chi connectivity index (χ0n) is 8.01. The minimum atomic E-state index is -0.825. The fourth-order valence-corrected chi connectivity index (χ4v) is 0.566. The van der Waals surface area contributed by atoms with Gasteiger partial charge in [-0.25, -0.2) is 14.5 Å². The molecule has 0 bridgehead atoms. The lowest BCUT2D eigenvalue weighted by molar-refractivity contribution is -0.339. The number of aliphatic hydroxyl groups is 2. The number of hydrogen-bond acceptors (Lipinski definition) is 6. The predicted octanol–water partition coefficient (Wildman–Crippen LogP) is -0.707. The molecule has 0 aromatic rings. The van der Waals surface area contributed by atoms with Crippen molar-refractivity contribution in [1.29, 1.82) is 0 Å². The fraction of sp³-hybridized carbons (Fsp3) is 0.857. The fourth-order valence-electron chi connectivity index (χ4n) is 0.566. The van der Waals surface area contributed by atoms with E-state index >= 15 is 0 Å². The molecule has 1 amide bonds. The Hall–Kier alpha value is -0.890. The van der Waals surface area contributed by atoms with Crippen LogP contribution in [0.25, 0.3) is 0 Å². The van der Waals surface area contributed by atoms with Gasteiger partial charge in [0, 0.05) is 0 Å². The number of nitrogens with zero attached hydrogens (tertiary/aromatic N) is 1. The van der Waals surface area contributed by atoms with Crippen LogP contribution in [0.2, 0.25) is 0 Å². The molecule has 0 spiro atoms. The Morgan fingerprint density at radius 1 is 1.21 bits per heavy atom. The van der Waals surface area contributed by atoms with Crippen LogP contribution in [0, 0.1) is 0 Å². The third kappa shape index (κ3) is 5.70. The zero-order valence-corrected chi connectivity index (χ0v) is 8.01. The summed E-state index contributed by atoms with van der Waals surface area (Å²) in [6.07, 6.45) is -0.825. The van der Waals surface area contributed by atoms with Gasteiger partial charge in [0.2, 0.25) is 0 Å². The van der Waals surface area contributed by atoms with Gasteiger partial charge in [-0.05, 0) is 12.2 Å². The summed E-state index contributed by atoms with van der Waals surface area (Å²) in [5, 5.41) is 17.4. The highest BCUT2D eigenvalue weighted by atomic mass is 17.0. The molecular weight excluding hydrogens is 194 g/mol. The average molecular weight is 209 g/mol. The summed E-state index contributed by atoms with van der Waals surface area (Å²) in [6, 6.07) is 0. The van der Waals surface area contributed by atoms with Crippen LogP contribution in [-0.4, -0.2) is 54.6 Å². The molecule has 0 fully saturated rings. The maximum atomic E-state index is 11.0. The summed E-state index contributed by atoms with van der Waals surface area (Å²) in [6.45, 7) is 1.12. The van der Waals surface area contributed by atoms with Gasteiger partial charge in [0.15, 0.2) is 0 Å². The van der Waals surface area contributed by atoms with Gasteiger partial charge in [0.1, 0.15) is 13.2 Å². The molecule has 0 atom stereocenters. The van der Waals surface area contributed by atoms with Crippen molar-refractivity contribution in [2.75, 3.05) is 33.0 Å². The molecule has 0 rings (SSSR count). The normalized spacial score (nSPS) is 9.93. The smallest absolute Gasteiger partial charge is 0.447 e. The lowest BCUT2D eigenvalue weighted by Crippen LogP contribution is -2.33. The largest absolute Gasteiger partial charge is 0.459 e. The molecule has 84 valence electrons. The van der Waals surface area contributed by atoms with E-state index in [-0.39, 0.29) is 33.0 Å². The van der Waals surface area contributed by atoms with Crippen molar-refractivity contribution in [3.63, 3.8) is 0 Å². The van der Waals surface area contributed by atoms with E-state index in [1.165, 1.54) is 0 Å². The molecule has 2 N–H and O–H groups in total. The molecule has 14 heavy (non-hydrogen) atoms. The SMILES string of the molecule is CCOC(=O)N(OCCO)OCCO. The van der Waals surface area contributed by atoms with Crippen molar-refractivity contribution in [1.82, 2.24) is 5.23 Å². The van der Waals surface area contributed by atoms with E-state index in [2.05, 4.69) is 14.4 Å². The molecule has 0 aliphatic rings. The molecule has 0 aromatic carbocycles. The lowest BCUT2D eigenvalue weighted by Gasteiger charge is -2.18. The first-order valence-electron chi connectivity index (χ1n) is 4.20. The summed E-state index contributed by atoms with van der Waals surface area (Å²) in [5.41, 5.74) is 0. The van der Waals surface area contributed by atoms with Crippen LogP contribution in [0.3, 0.4) is 0 Å². The highest BCUT2D eigenvalue weighted by Gasteiger charge is 2.16. The Kier molecular flexibility index (Phi) is 8.14. The van der Waals surface area contributed by atoms with Crippen LogP contribution in [0.4, 0.5) is 4.79 Å². The van der Waals surface area contributed by atoms with Crippen LogP contribution in [0.15, 0.2) is 0 Å². The van der Waals surface area contributed by atoms with E-state index in [1.54, 1.807) is 6.92 Å². The molecule has 0 heterocycles. The zero-order chi connectivity index (χ0) is 10.8. The Balaban J connectivity index is 3.88. The Morgan fingerprint density at radius 3 is 2.07 bits per heavy atom.